The van der Waals surface area contributed by atoms with Crippen LogP contribution >= 0.6 is 27.2 Å². The second kappa shape index (κ2) is 10.4. The Kier molecular flexibility index (Phi) is 8.03. The molecule has 36 heavy (non-hydrogen) atoms. The summed E-state index contributed by atoms with van der Waals surface area (Å²) in [6.45, 7) is -1.70. The van der Waals surface area contributed by atoms with E-state index in [9.17, 15) is 39.3 Å². The van der Waals surface area contributed by atoms with Crippen molar-refractivity contribution in [2.45, 2.75) is 48.4 Å². The first kappa shape index (κ1) is 27.7. The maximum atomic E-state index is 12.2. The third-order valence-corrected chi connectivity index (χ3v) is 8.38. The van der Waals surface area contributed by atoms with Crippen LogP contribution < -0.4 is 5.73 Å². The van der Waals surface area contributed by atoms with Crippen molar-refractivity contribution in [1.82, 2.24) is 19.5 Å². The molecule has 2 aromatic heterocycles. The fourth-order valence-electron chi connectivity index (χ4n) is 3.51. The number of aliphatic hydroxyl groups is 4. The Hall–Kier alpha value is -1.34. The van der Waals surface area contributed by atoms with Gasteiger partial charge in [0.1, 0.15) is 47.7 Å². The Morgan fingerprint density at radius 1 is 0.972 bits per heavy atom. The number of phosphoric acid groups is 2. The van der Waals surface area contributed by atoms with E-state index in [1.54, 1.807) is 0 Å². The topological polar surface area (TPSA) is 271 Å². The normalized spacial score (nSPS) is 36.2. The van der Waals surface area contributed by atoms with E-state index in [1.165, 1.54) is 10.9 Å². The van der Waals surface area contributed by atoms with Gasteiger partial charge in [-0.1, -0.05) is 0 Å². The molecule has 21 heteroatoms. The average molecular weight is 578 g/mol. The molecular formula is C15H22ClN5O13P2. The van der Waals surface area contributed by atoms with Crippen LogP contribution in [0.25, 0.3) is 11.2 Å². The second-order valence-electron chi connectivity index (χ2n) is 7.74. The van der Waals surface area contributed by atoms with Gasteiger partial charge >= 0.3 is 15.6 Å². The predicted octanol–water partition coefficient (Wildman–Crippen LogP) is -2.04. The molecule has 0 aromatic carbocycles. The lowest BCUT2D eigenvalue weighted by molar-refractivity contribution is -0.106. The van der Waals surface area contributed by atoms with Gasteiger partial charge in [0.2, 0.25) is 0 Å². The van der Waals surface area contributed by atoms with E-state index >= 15 is 0 Å². The van der Waals surface area contributed by atoms with E-state index in [-0.39, 0.29) is 17.0 Å². The van der Waals surface area contributed by atoms with Crippen LogP contribution in [-0.2, 0) is 32.0 Å². The number of aromatic nitrogens is 4. The van der Waals surface area contributed by atoms with Crippen LogP contribution in [0.4, 0.5) is 5.82 Å². The summed E-state index contributed by atoms with van der Waals surface area (Å²) in [5.74, 6) is 0.0633. The zero-order valence-corrected chi connectivity index (χ0v) is 20.4. The monoisotopic (exact) mass is 577 g/mol. The lowest BCUT2D eigenvalue weighted by Gasteiger charge is -2.20. The van der Waals surface area contributed by atoms with Crippen molar-refractivity contribution < 1.29 is 62.2 Å². The molecule has 2 aliphatic heterocycles. The zero-order valence-electron chi connectivity index (χ0n) is 17.9. The van der Waals surface area contributed by atoms with E-state index in [0.29, 0.717) is 0 Å². The summed E-state index contributed by atoms with van der Waals surface area (Å²) >= 11 is 5.65. The molecular weight excluding hydrogens is 556 g/mol. The third kappa shape index (κ3) is 5.72. The standard InChI is InChI=1S/C15H22ClN5O13P2/c16-7-9(22)5(33-15(7)25)1-30-35(26,27)34-36(28,29)31-2-6-10(23)11(24)14(32-6)21-4-20-8-12(17)18-3-19-13(8)21/h3-7,9-11,14-15,22-25H,1-2H2,(H,26,27)(H,28,29)(H2,17,18,19)/t5-,6-,7+,9-,10-,11-,14-,15+/m1/s1. The van der Waals surface area contributed by atoms with Crippen molar-refractivity contribution in [2.75, 3.05) is 18.9 Å². The summed E-state index contributed by atoms with van der Waals surface area (Å²) < 4.78 is 49.1. The SMILES string of the molecule is Nc1ncnc2c1ncn2[C@@H]1O[C@H](COP(=O)(O)OP(=O)(O)OC[C@H]2O[C@H](O)[C@@H](Cl)[C@@H]2O)[C@@H](O)[C@H]1O. The molecule has 0 saturated carbocycles. The number of halogens is 1. The number of imidazole rings is 1. The summed E-state index contributed by atoms with van der Waals surface area (Å²) in [6, 6.07) is 0. The van der Waals surface area contributed by atoms with Gasteiger partial charge in [0, 0.05) is 0 Å². The highest BCUT2D eigenvalue weighted by Gasteiger charge is 2.47. The Morgan fingerprint density at radius 3 is 2.17 bits per heavy atom. The minimum atomic E-state index is -5.28. The average Bonchev–Trinajstić information content (AvgIpc) is 3.42. The Morgan fingerprint density at radius 2 is 1.58 bits per heavy atom. The first-order valence-electron chi connectivity index (χ1n) is 10.1. The molecule has 0 aliphatic carbocycles. The number of nitrogens with zero attached hydrogens (tertiary/aromatic N) is 4. The highest BCUT2D eigenvalue weighted by atomic mass is 35.5. The maximum Gasteiger partial charge on any atom is 0.481 e. The van der Waals surface area contributed by atoms with Gasteiger partial charge in [-0.25, -0.2) is 24.1 Å². The van der Waals surface area contributed by atoms with Gasteiger partial charge in [0.25, 0.3) is 0 Å². The fourth-order valence-corrected chi connectivity index (χ4v) is 5.82. The van der Waals surface area contributed by atoms with E-state index in [0.717, 1.165) is 6.33 Å². The third-order valence-electron chi connectivity index (χ3n) is 5.30. The first-order chi connectivity index (χ1) is 16.8. The van der Waals surface area contributed by atoms with E-state index in [2.05, 4.69) is 28.3 Å². The summed E-state index contributed by atoms with van der Waals surface area (Å²) in [7, 11) is -10.5. The smallest absolute Gasteiger partial charge is 0.389 e. The molecule has 202 valence electrons. The lowest BCUT2D eigenvalue weighted by atomic mass is 10.1. The van der Waals surface area contributed by atoms with Crippen molar-refractivity contribution in [3.8, 4) is 0 Å². The molecule has 0 spiro atoms. The molecule has 2 aliphatic rings. The van der Waals surface area contributed by atoms with Gasteiger partial charge in [-0.3, -0.25) is 13.6 Å². The molecule has 8 N–H and O–H groups in total. The Labute approximate surface area is 206 Å². The summed E-state index contributed by atoms with van der Waals surface area (Å²) in [5, 5.41) is 38.6. The minimum absolute atomic E-state index is 0.0633. The maximum absolute atomic E-state index is 12.2. The van der Waals surface area contributed by atoms with Gasteiger partial charge in [-0.15, -0.1) is 11.6 Å². The molecule has 2 saturated heterocycles. The van der Waals surface area contributed by atoms with Gasteiger partial charge in [0.05, 0.1) is 19.5 Å². The van der Waals surface area contributed by atoms with E-state index in [4.69, 9.17) is 26.8 Å². The van der Waals surface area contributed by atoms with Crippen LogP contribution in [0.2, 0.25) is 0 Å². The minimum Gasteiger partial charge on any atom is -0.389 e. The first-order valence-corrected chi connectivity index (χ1v) is 13.5. The van der Waals surface area contributed by atoms with Crippen LogP contribution in [0.5, 0.6) is 0 Å². The van der Waals surface area contributed by atoms with Gasteiger partial charge in [0.15, 0.2) is 24.0 Å². The zero-order chi connectivity index (χ0) is 26.4. The number of aliphatic hydroxyl groups excluding tert-OH is 4. The summed E-state index contributed by atoms with van der Waals surface area (Å²) in [6.07, 6.45) is -7.80. The van der Waals surface area contributed by atoms with E-state index < -0.39 is 77.3 Å². The predicted molar refractivity (Wildman–Crippen MR) is 115 cm³/mol. The van der Waals surface area contributed by atoms with Crippen LogP contribution in [0, 0.1) is 0 Å². The van der Waals surface area contributed by atoms with Crippen molar-refractivity contribution in [2.24, 2.45) is 0 Å². The van der Waals surface area contributed by atoms with Gasteiger partial charge < -0.3 is 45.4 Å². The van der Waals surface area contributed by atoms with Crippen LogP contribution in [-0.4, -0.2) is 105 Å². The quantitative estimate of drug-likeness (QED) is 0.125. The van der Waals surface area contributed by atoms with Crippen LogP contribution in [0.15, 0.2) is 12.7 Å². The number of anilines is 1. The van der Waals surface area contributed by atoms with E-state index in [1.807, 2.05) is 0 Å². The number of nitrogens with two attached hydrogens (primary N) is 1. The molecule has 4 rings (SSSR count). The number of alkyl halides is 1. The number of nitrogen functional groups attached to an aromatic ring is 1. The largest absolute Gasteiger partial charge is 0.481 e. The number of phosphoric ester groups is 2. The Balaban J connectivity index is 1.34. The summed E-state index contributed by atoms with van der Waals surface area (Å²) in [5.41, 5.74) is 6.11. The fraction of sp³-hybridized carbons (Fsp3) is 0.667. The summed E-state index contributed by atoms with van der Waals surface area (Å²) in [4.78, 5) is 31.3. The van der Waals surface area contributed by atoms with Crippen molar-refractivity contribution in [3.05, 3.63) is 12.7 Å². The van der Waals surface area contributed by atoms with Crippen LogP contribution in [0.1, 0.15) is 6.23 Å². The molecule has 2 unspecified atom stereocenters. The molecule has 0 radical (unpaired) electrons. The van der Waals surface area contributed by atoms with Crippen molar-refractivity contribution in [3.63, 3.8) is 0 Å². The molecule has 2 aromatic rings. The molecule has 0 bridgehead atoms. The molecule has 0 amide bonds. The molecule has 18 nitrogen and oxygen atoms in total. The van der Waals surface area contributed by atoms with Crippen molar-refractivity contribution in [1.29, 1.82) is 0 Å². The molecule has 4 heterocycles. The number of hydrogen-bond acceptors (Lipinski definition) is 15. The molecule has 10 atom stereocenters. The van der Waals surface area contributed by atoms with Gasteiger partial charge in [-0.05, 0) is 0 Å². The number of hydrogen-bond donors (Lipinski definition) is 7. The highest BCUT2D eigenvalue weighted by Crippen LogP contribution is 2.60. The number of rotatable bonds is 9. The molecule has 2 fully saturated rings. The highest BCUT2D eigenvalue weighted by molar-refractivity contribution is 7.61. The van der Waals surface area contributed by atoms with Crippen molar-refractivity contribution >= 4 is 44.2 Å². The number of ether oxygens (including phenoxy) is 2. The lowest BCUT2D eigenvalue weighted by Crippen LogP contribution is -2.33. The Bertz CT molecular complexity index is 1190. The van der Waals surface area contributed by atoms with Gasteiger partial charge in [-0.2, -0.15) is 4.31 Å². The number of fused-ring (bicyclic) bond motifs is 1. The second-order valence-corrected chi connectivity index (χ2v) is 11.3. The van der Waals surface area contributed by atoms with Crippen LogP contribution in [0.3, 0.4) is 0 Å².